The molecule has 2 nitrogen and oxygen atoms in total. The zero-order valence-corrected chi connectivity index (χ0v) is 9.07. The summed E-state index contributed by atoms with van der Waals surface area (Å²) in [4.78, 5) is 9.97. The molecule has 17 heavy (non-hydrogen) atoms. The number of benzene rings is 1. The highest BCUT2D eigenvalue weighted by molar-refractivity contribution is 5.28. The monoisotopic (exact) mass is 244 g/mol. The molecular formula is C12H11F3O2. The van der Waals surface area contributed by atoms with E-state index < -0.39 is 17.8 Å². The van der Waals surface area contributed by atoms with Crippen molar-refractivity contribution in [2.75, 3.05) is 0 Å². The summed E-state index contributed by atoms with van der Waals surface area (Å²) in [6, 6.07) is 4.84. The Hall–Kier alpha value is -1.33. The van der Waals surface area contributed by atoms with Gasteiger partial charge >= 0.3 is 6.18 Å². The average molecular weight is 244 g/mol. The van der Waals surface area contributed by atoms with Crippen LogP contribution in [0.25, 0.3) is 0 Å². The third-order valence-electron chi connectivity index (χ3n) is 2.43. The van der Waals surface area contributed by atoms with Crippen molar-refractivity contribution in [1.29, 1.82) is 0 Å². The maximum atomic E-state index is 12.3. The van der Waals surface area contributed by atoms with Gasteiger partial charge in [-0.25, -0.2) is 9.78 Å². The molecule has 1 aromatic carbocycles. The topological polar surface area (TPSA) is 18.5 Å². The highest BCUT2D eigenvalue weighted by Crippen LogP contribution is 2.31. The van der Waals surface area contributed by atoms with Gasteiger partial charge in [0.1, 0.15) is 12.2 Å². The minimum atomic E-state index is -4.31. The van der Waals surface area contributed by atoms with E-state index in [1.165, 1.54) is 12.1 Å². The Morgan fingerprint density at radius 3 is 2.12 bits per heavy atom. The van der Waals surface area contributed by atoms with E-state index in [2.05, 4.69) is 0 Å². The molecule has 1 aliphatic rings. The van der Waals surface area contributed by atoms with Crippen LogP contribution in [0.2, 0.25) is 0 Å². The molecule has 1 heterocycles. The molecule has 0 amide bonds. The Morgan fingerprint density at radius 2 is 1.65 bits per heavy atom. The number of hydrogen-bond donors (Lipinski definition) is 0. The third-order valence-corrected chi connectivity index (χ3v) is 2.43. The normalized spacial score (nSPS) is 24.9. The Labute approximate surface area is 96.6 Å². The van der Waals surface area contributed by atoms with Crippen molar-refractivity contribution in [1.82, 2.24) is 0 Å². The molecule has 2 rings (SSSR count). The molecule has 0 unspecified atom stereocenters. The van der Waals surface area contributed by atoms with Crippen molar-refractivity contribution in [2.24, 2.45) is 0 Å². The lowest BCUT2D eigenvalue weighted by molar-refractivity contribution is -0.339. The summed E-state index contributed by atoms with van der Waals surface area (Å²) in [5, 5.41) is 0. The van der Waals surface area contributed by atoms with Gasteiger partial charge in [-0.2, -0.15) is 13.2 Å². The molecule has 1 aliphatic heterocycles. The van der Waals surface area contributed by atoms with Crippen molar-refractivity contribution >= 4 is 0 Å². The third kappa shape index (κ3) is 2.87. The predicted octanol–water partition coefficient (Wildman–Crippen LogP) is 3.65. The molecule has 0 bridgehead atoms. The van der Waals surface area contributed by atoms with Crippen LogP contribution in [0, 0.1) is 0 Å². The Bertz CT molecular complexity index is 409. The summed E-state index contributed by atoms with van der Waals surface area (Å²) in [7, 11) is 0. The molecule has 0 spiro atoms. The largest absolute Gasteiger partial charge is 0.416 e. The highest BCUT2D eigenvalue weighted by atomic mass is 19.4. The number of halogens is 3. The lowest BCUT2D eigenvalue weighted by Gasteiger charge is -2.20. The fourth-order valence-corrected chi connectivity index (χ4v) is 1.50. The Balaban J connectivity index is 2.16. The molecule has 0 aliphatic carbocycles. The zero-order valence-electron chi connectivity index (χ0n) is 9.07. The van der Waals surface area contributed by atoms with E-state index in [4.69, 9.17) is 9.78 Å². The number of alkyl halides is 3. The summed E-state index contributed by atoms with van der Waals surface area (Å²) < 4.78 is 37.0. The van der Waals surface area contributed by atoms with Gasteiger partial charge in [-0.05, 0) is 30.7 Å². The van der Waals surface area contributed by atoms with Crippen molar-refractivity contribution in [3.05, 3.63) is 47.5 Å². The maximum absolute atomic E-state index is 12.3. The van der Waals surface area contributed by atoms with E-state index in [-0.39, 0.29) is 6.10 Å². The maximum Gasteiger partial charge on any atom is 0.416 e. The van der Waals surface area contributed by atoms with Gasteiger partial charge in [-0.1, -0.05) is 18.2 Å². The van der Waals surface area contributed by atoms with E-state index in [9.17, 15) is 13.2 Å². The highest BCUT2D eigenvalue weighted by Gasteiger charge is 2.30. The van der Waals surface area contributed by atoms with Gasteiger partial charge in [0.15, 0.2) is 0 Å². The fourth-order valence-electron chi connectivity index (χ4n) is 1.50. The standard InChI is InChI=1S/C12H11F3O2/c1-8-2-7-11(17-16-8)9-3-5-10(6-4-9)12(13,14)15/h2-8,11H,1H3/t8-,11-/m0/s1. The van der Waals surface area contributed by atoms with Gasteiger partial charge < -0.3 is 0 Å². The number of hydrogen-bond acceptors (Lipinski definition) is 2. The molecule has 0 N–H and O–H groups in total. The van der Waals surface area contributed by atoms with E-state index in [0.717, 1.165) is 12.1 Å². The Kier molecular flexibility index (Phi) is 3.22. The SMILES string of the molecule is C[C@H]1C=C[C@@H](c2ccc(C(F)(F)F)cc2)OO1. The van der Waals surface area contributed by atoms with Crippen LogP contribution >= 0.6 is 0 Å². The van der Waals surface area contributed by atoms with Crippen molar-refractivity contribution in [3.8, 4) is 0 Å². The first-order chi connectivity index (χ1) is 7.97. The first-order valence-electron chi connectivity index (χ1n) is 5.14. The predicted molar refractivity (Wildman–Crippen MR) is 55.0 cm³/mol. The molecule has 2 atom stereocenters. The number of rotatable bonds is 1. The Morgan fingerprint density at radius 1 is 1.00 bits per heavy atom. The lowest BCUT2D eigenvalue weighted by Crippen LogP contribution is -2.15. The van der Waals surface area contributed by atoms with Crippen LogP contribution in [0.1, 0.15) is 24.2 Å². The molecule has 0 saturated heterocycles. The second-order valence-corrected chi connectivity index (χ2v) is 3.82. The lowest BCUT2D eigenvalue weighted by atomic mass is 10.1. The first-order valence-corrected chi connectivity index (χ1v) is 5.14. The van der Waals surface area contributed by atoms with Gasteiger partial charge in [0, 0.05) is 0 Å². The fraction of sp³-hybridized carbons (Fsp3) is 0.333. The van der Waals surface area contributed by atoms with Crippen LogP contribution in [0.3, 0.4) is 0 Å². The minimum Gasteiger partial charge on any atom is -0.229 e. The molecule has 92 valence electrons. The second kappa shape index (κ2) is 4.50. The van der Waals surface area contributed by atoms with Crippen LogP contribution in [-0.2, 0) is 16.0 Å². The summed E-state index contributed by atoms with van der Waals surface area (Å²) in [5.74, 6) is 0. The minimum absolute atomic E-state index is 0.138. The molecular weight excluding hydrogens is 233 g/mol. The van der Waals surface area contributed by atoms with E-state index in [0.29, 0.717) is 5.56 Å². The molecule has 1 aromatic rings. The van der Waals surface area contributed by atoms with Crippen LogP contribution in [0.4, 0.5) is 13.2 Å². The van der Waals surface area contributed by atoms with E-state index >= 15 is 0 Å². The van der Waals surface area contributed by atoms with E-state index in [1.54, 1.807) is 19.1 Å². The molecule has 5 heteroatoms. The average Bonchev–Trinajstić information content (AvgIpc) is 2.29. The molecule has 0 fully saturated rings. The van der Waals surface area contributed by atoms with Gasteiger partial charge in [-0.3, -0.25) is 0 Å². The summed E-state index contributed by atoms with van der Waals surface area (Å²) in [5.41, 5.74) is -0.0449. The van der Waals surface area contributed by atoms with Gasteiger partial charge in [0.05, 0.1) is 5.56 Å². The van der Waals surface area contributed by atoms with Crippen LogP contribution in [-0.4, -0.2) is 6.10 Å². The van der Waals surface area contributed by atoms with Crippen LogP contribution in [0.15, 0.2) is 36.4 Å². The second-order valence-electron chi connectivity index (χ2n) is 3.82. The summed E-state index contributed by atoms with van der Waals surface area (Å²) in [6.45, 7) is 1.81. The first kappa shape index (κ1) is 12.1. The molecule has 0 aromatic heterocycles. The smallest absolute Gasteiger partial charge is 0.229 e. The summed E-state index contributed by atoms with van der Waals surface area (Å²) >= 11 is 0. The zero-order chi connectivity index (χ0) is 12.5. The van der Waals surface area contributed by atoms with Crippen LogP contribution < -0.4 is 0 Å². The molecule has 0 saturated carbocycles. The van der Waals surface area contributed by atoms with E-state index in [1.807, 2.05) is 0 Å². The van der Waals surface area contributed by atoms with Crippen molar-refractivity contribution < 1.29 is 22.9 Å². The summed E-state index contributed by atoms with van der Waals surface area (Å²) in [6.07, 6.45) is -1.34. The quantitative estimate of drug-likeness (QED) is 0.554. The molecule has 0 radical (unpaired) electrons. The van der Waals surface area contributed by atoms with Gasteiger partial charge in [0.25, 0.3) is 0 Å². The van der Waals surface area contributed by atoms with Crippen molar-refractivity contribution in [2.45, 2.75) is 25.3 Å². The van der Waals surface area contributed by atoms with Gasteiger partial charge in [0.2, 0.25) is 0 Å². The van der Waals surface area contributed by atoms with Crippen molar-refractivity contribution in [3.63, 3.8) is 0 Å². The van der Waals surface area contributed by atoms with Gasteiger partial charge in [-0.15, -0.1) is 0 Å². The van der Waals surface area contributed by atoms with Crippen LogP contribution in [0.5, 0.6) is 0 Å².